The zero-order chi connectivity index (χ0) is 35.9. The van der Waals surface area contributed by atoms with Gasteiger partial charge in [-0.3, -0.25) is 0 Å². The number of allylic oxidation sites excluding steroid dienone is 2. The van der Waals surface area contributed by atoms with Gasteiger partial charge in [0.25, 0.3) is 0 Å². The molecule has 0 saturated heterocycles. The maximum atomic E-state index is 11.8. The average Bonchev–Trinajstić information content (AvgIpc) is 3.40. The van der Waals surface area contributed by atoms with Gasteiger partial charge in [-0.25, -0.2) is 4.70 Å². The van der Waals surface area contributed by atoms with Crippen LogP contribution >= 0.6 is 0 Å². The molecule has 5 heteroatoms. The molecule has 2 aromatic carbocycles. The summed E-state index contributed by atoms with van der Waals surface area (Å²) in [5, 5.41) is 0. The summed E-state index contributed by atoms with van der Waals surface area (Å²) in [5.74, 6) is 6.22. The van der Waals surface area contributed by atoms with Crippen LogP contribution in [0.5, 0.6) is 0 Å². The molecule has 0 fully saturated rings. The van der Waals surface area contributed by atoms with Crippen molar-refractivity contribution < 1.29 is 19.6 Å². The van der Waals surface area contributed by atoms with Crippen molar-refractivity contribution in [3.05, 3.63) is 87.5 Å². The van der Waals surface area contributed by atoms with Gasteiger partial charge in [0.05, 0.1) is 0 Å². The third-order valence-corrected chi connectivity index (χ3v) is 10.9. The zero-order valence-corrected chi connectivity index (χ0v) is 33.4. The third kappa shape index (κ3) is 14.3. The number of benzene rings is 2. The summed E-state index contributed by atoms with van der Waals surface area (Å²) in [5.41, 5.74) is 20.9. The van der Waals surface area contributed by atoms with Gasteiger partial charge in [0.15, 0.2) is 0 Å². The van der Waals surface area contributed by atoms with E-state index >= 15 is 0 Å². The summed E-state index contributed by atoms with van der Waals surface area (Å²) in [4.78, 5) is 0. The molecule has 0 amide bonds. The van der Waals surface area contributed by atoms with Crippen LogP contribution in [0.3, 0.4) is 0 Å². The molecule has 0 saturated carbocycles. The SMILES string of the molecule is CC#Cc1cccc(C2=C(CCCC)C(CCCCCCCC)=C(c3ccc(CCCCC)cc3)[N+]2=[N-])c1.CC[N](CC)[Ni][N](CC)CC. The van der Waals surface area contributed by atoms with E-state index in [0.717, 1.165) is 92.8 Å². The van der Waals surface area contributed by atoms with Crippen LogP contribution in [0.1, 0.15) is 161 Å². The number of aryl methyl sites for hydroxylation is 1. The molecular weight excluding hydrogens is 643 g/mol. The van der Waals surface area contributed by atoms with E-state index in [9.17, 15) is 5.53 Å². The molecule has 274 valence electrons. The molecule has 1 aliphatic rings. The van der Waals surface area contributed by atoms with Crippen LogP contribution in [0.25, 0.3) is 16.9 Å². The fraction of sp³-hybridized carbons (Fsp3) is 0.591. The molecule has 1 aliphatic heterocycles. The molecule has 0 aliphatic carbocycles. The minimum absolute atomic E-state index is 0.946. The number of unbranched alkanes of at least 4 members (excludes halogenated alkanes) is 8. The van der Waals surface area contributed by atoms with Crippen molar-refractivity contribution in [3.8, 4) is 11.8 Å². The Hall–Kier alpha value is -2.51. The van der Waals surface area contributed by atoms with Gasteiger partial charge in [0.1, 0.15) is 0 Å². The Morgan fingerprint density at radius 1 is 0.592 bits per heavy atom. The van der Waals surface area contributed by atoms with Gasteiger partial charge >= 0.3 is 76.7 Å². The van der Waals surface area contributed by atoms with Gasteiger partial charge in [0, 0.05) is 27.8 Å². The standard InChI is InChI=1S/C36H48N2.2C4H10N.Ni/c1-5-9-12-13-14-16-23-34-33(22-11-7-3)36(32-21-17-20-30(28-32)18-8-4)38(37)35(34)31-26-24-29(25-27-31)19-15-10-6-2;2*1-3-5-4-2;/h17,20-21,24-28H,5-7,9-16,19,22-23H2,1-4H3;2*3-4H2,1-2H3;/q;2*-1;+2. The fourth-order valence-corrected chi connectivity index (χ4v) is 7.22. The molecule has 2 aromatic rings. The van der Waals surface area contributed by atoms with Gasteiger partial charge in [0.2, 0.25) is 11.4 Å². The molecule has 0 unspecified atom stereocenters. The topological polar surface area (TPSA) is 31.8 Å². The molecule has 0 spiro atoms. The van der Waals surface area contributed by atoms with Crippen molar-refractivity contribution in [2.75, 3.05) is 26.2 Å². The van der Waals surface area contributed by atoms with Gasteiger partial charge in [-0.05, 0) is 81.3 Å². The average molecular weight is 712 g/mol. The van der Waals surface area contributed by atoms with E-state index in [-0.39, 0.29) is 0 Å². The summed E-state index contributed by atoms with van der Waals surface area (Å²) in [6, 6.07) is 17.3. The van der Waals surface area contributed by atoms with E-state index < -0.39 is 0 Å². The van der Waals surface area contributed by atoms with Crippen LogP contribution in [-0.4, -0.2) is 38.8 Å². The summed E-state index contributed by atoms with van der Waals surface area (Å²) in [7, 11) is 0. The van der Waals surface area contributed by atoms with Crippen LogP contribution < -0.4 is 0 Å². The summed E-state index contributed by atoms with van der Waals surface area (Å²) >= 11 is 1.67. The Balaban J connectivity index is 0.000000650. The van der Waals surface area contributed by atoms with Gasteiger partial charge in [-0.15, -0.1) is 5.92 Å². The second kappa shape index (κ2) is 25.4. The van der Waals surface area contributed by atoms with Crippen LogP contribution in [0.2, 0.25) is 0 Å². The molecule has 1 heterocycles. The predicted molar refractivity (Wildman–Crippen MR) is 209 cm³/mol. The first-order valence-corrected chi connectivity index (χ1v) is 20.5. The van der Waals surface area contributed by atoms with Crippen molar-refractivity contribution in [1.82, 2.24) is 7.96 Å². The Bertz CT molecular complexity index is 1340. The first-order chi connectivity index (χ1) is 23.9. The van der Waals surface area contributed by atoms with E-state index in [2.05, 4.69) is 111 Å². The van der Waals surface area contributed by atoms with Crippen molar-refractivity contribution in [3.63, 3.8) is 0 Å². The summed E-state index contributed by atoms with van der Waals surface area (Å²) < 4.78 is 6.25. The predicted octanol–water partition coefficient (Wildman–Crippen LogP) is 12.5. The van der Waals surface area contributed by atoms with E-state index in [1.54, 1.807) is 14.9 Å². The number of hydrogen-bond acceptors (Lipinski definition) is 2. The summed E-state index contributed by atoms with van der Waals surface area (Å²) in [6.45, 7) is 22.0. The van der Waals surface area contributed by atoms with E-state index in [1.165, 1.54) is 72.8 Å². The second-order valence-corrected chi connectivity index (χ2v) is 14.3. The van der Waals surface area contributed by atoms with E-state index in [0.29, 0.717) is 0 Å². The van der Waals surface area contributed by atoms with Crippen molar-refractivity contribution in [2.45, 2.75) is 145 Å². The Morgan fingerprint density at radius 3 is 1.67 bits per heavy atom. The second-order valence-electron chi connectivity index (χ2n) is 12.9. The first kappa shape index (κ1) is 42.7. The molecule has 0 aromatic heterocycles. The fourth-order valence-electron chi connectivity index (χ4n) is 6.27. The van der Waals surface area contributed by atoms with E-state index in [4.69, 9.17) is 0 Å². The van der Waals surface area contributed by atoms with Crippen molar-refractivity contribution in [1.29, 1.82) is 0 Å². The van der Waals surface area contributed by atoms with Crippen molar-refractivity contribution >= 4 is 11.4 Å². The third-order valence-electron chi connectivity index (χ3n) is 9.10. The monoisotopic (exact) mass is 710 g/mol. The Kier molecular flexibility index (Phi) is 22.2. The zero-order valence-electron chi connectivity index (χ0n) is 32.5. The van der Waals surface area contributed by atoms with Crippen LogP contribution in [0, 0.1) is 11.8 Å². The van der Waals surface area contributed by atoms with Gasteiger partial charge in [-0.1, -0.05) is 96.3 Å². The molecule has 0 N–H and O–H groups in total. The van der Waals surface area contributed by atoms with Crippen LogP contribution in [0.15, 0.2) is 59.7 Å². The molecule has 4 nitrogen and oxygen atoms in total. The summed E-state index contributed by atoms with van der Waals surface area (Å²) in [6.07, 6.45) is 16.7. The van der Waals surface area contributed by atoms with Crippen LogP contribution in [0.4, 0.5) is 0 Å². The molecule has 3 rings (SSSR count). The molecular formula is C44H68N4Ni. The minimum atomic E-state index is 0.946. The quantitative estimate of drug-likeness (QED) is 0.0527. The van der Waals surface area contributed by atoms with Crippen molar-refractivity contribution in [2.24, 2.45) is 0 Å². The normalized spacial score (nSPS) is 13.0. The van der Waals surface area contributed by atoms with E-state index in [1.807, 2.05) is 13.0 Å². The number of hydrogen-bond donors (Lipinski definition) is 0. The molecule has 0 atom stereocenters. The maximum absolute atomic E-state index is 11.8. The molecule has 0 bridgehead atoms. The number of rotatable bonds is 22. The van der Waals surface area contributed by atoms with Crippen LogP contribution in [-0.2, 0) is 21.3 Å². The Morgan fingerprint density at radius 2 is 1.10 bits per heavy atom. The molecule has 0 radical (unpaired) electrons. The molecule has 49 heavy (non-hydrogen) atoms. The van der Waals surface area contributed by atoms with Gasteiger partial charge < -0.3 is 5.53 Å². The van der Waals surface area contributed by atoms with Gasteiger partial charge in [-0.2, -0.15) is 0 Å². The number of nitrogens with zero attached hydrogens (tertiary/aromatic N) is 4. The first-order valence-electron chi connectivity index (χ1n) is 19.6. The Labute approximate surface area is 308 Å².